The van der Waals surface area contributed by atoms with E-state index in [2.05, 4.69) is 194 Å². The van der Waals surface area contributed by atoms with Gasteiger partial charge in [0, 0.05) is 0 Å². The molecule has 0 atom stereocenters. The zero-order chi connectivity index (χ0) is 33.0. The maximum atomic E-state index is 2.47. The minimum atomic E-state index is 1.22. The summed E-state index contributed by atoms with van der Waals surface area (Å²) in [6, 6.07) is 71.4. The summed E-state index contributed by atoms with van der Waals surface area (Å²) in [5.74, 6) is 0. The Hall–Kier alpha value is -6.50. The third-order valence-electron chi connectivity index (χ3n) is 10.4. The summed E-state index contributed by atoms with van der Waals surface area (Å²) in [5, 5.41) is 12.6. The van der Waals surface area contributed by atoms with Crippen molar-refractivity contribution in [2.45, 2.75) is 0 Å². The lowest BCUT2D eigenvalue weighted by Gasteiger charge is -2.20. The van der Waals surface area contributed by atoms with Gasteiger partial charge in [-0.3, -0.25) is 0 Å². The first-order chi connectivity index (χ1) is 24.8. The Bertz CT molecular complexity index is 2900. The largest absolute Gasteiger partial charge is 0.0622 e. The molecule has 0 nitrogen and oxygen atoms in total. The molecule has 0 saturated heterocycles. The monoisotopic (exact) mass is 632 g/mol. The van der Waals surface area contributed by atoms with Crippen molar-refractivity contribution < 1.29 is 0 Å². The second-order valence-electron chi connectivity index (χ2n) is 13.2. The van der Waals surface area contributed by atoms with Crippen molar-refractivity contribution in [2.24, 2.45) is 0 Å². The molecule has 0 fully saturated rings. The number of benzene rings is 10. The van der Waals surface area contributed by atoms with Crippen molar-refractivity contribution in [2.75, 3.05) is 0 Å². The summed E-state index contributed by atoms with van der Waals surface area (Å²) in [5.41, 5.74) is 9.99. The van der Waals surface area contributed by atoms with E-state index in [1.807, 2.05) is 0 Å². The quantitative estimate of drug-likeness (QED) is 0.169. The second-order valence-corrected chi connectivity index (χ2v) is 13.2. The number of hydrogen-bond donors (Lipinski definition) is 0. The van der Waals surface area contributed by atoms with Crippen molar-refractivity contribution in [1.29, 1.82) is 0 Å². The first-order valence-electron chi connectivity index (χ1n) is 17.4. The zero-order valence-corrected chi connectivity index (χ0v) is 27.5. The third-order valence-corrected chi connectivity index (χ3v) is 10.4. The van der Waals surface area contributed by atoms with Crippen molar-refractivity contribution in [3.05, 3.63) is 194 Å². The van der Waals surface area contributed by atoms with Gasteiger partial charge in [0.15, 0.2) is 0 Å². The van der Waals surface area contributed by atoms with Crippen LogP contribution < -0.4 is 0 Å². The summed E-state index contributed by atoms with van der Waals surface area (Å²) in [6.07, 6.45) is 0. The van der Waals surface area contributed by atoms with E-state index in [-0.39, 0.29) is 0 Å². The summed E-state index contributed by atoms with van der Waals surface area (Å²) in [4.78, 5) is 0. The standard InChI is InChI=1S/C50H32/c1-3-15-33(16-4-1)39-28-27-35-19-9-10-22-38(35)50(39)49-32-48-41-24-12-11-23-40(41)46(31-47(48)42-25-13-14-26-43(42)49)45-30-37-21-8-7-20-36(37)29-44(45)34-17-5-2-6-18-34/h1-32H. The molecule has 0 radical (unpaired) electrons. The van der Waals surface area contributed by atoms with Gasteiger partial charge in [-0.05, 0) is 123 Å². The molecule has 0 heteroatoms. The maximum absolute atomic E-state index is 2.47. The van der Waals surface area contributed by atoms with E-state index in [0.29, 0.717) is 0 Å². The highest BCUT2D eigenvalue weighted by molar-refractivity contribution is 6.26. The van der Waals surface area contributed by atoms with Crippen LogP contribution in [0, 0.1) is 0 Å². The van der Waals surface area contributed by atoms with Gasteiger partial charge in [-0.15, -0.1) is 0 Å². The Morgan fingerprint density at radius 1 is 0.200 bits per heavy atom. The molecule has 0 amide bonds. The number of hydrogen-bond acceptors (Lipinski definition) is 0. The molecule has 0 aliphatic carbocycles. The van der Waals surface area contributed by atoms with Crippen molar-refractivity contribution >= 4 is 53.9 Å². The van der Waals surface area contributed by atoms with Crippen LogP contribution in [0.25, 0.3) is 98.4 Å². The van der Waals surface area contributed by atoms with Gasteiger partial charge in [0.1, 0.15) is 0 Å². The summed E-state index contributed by atoms with van der Waals surface area (Å²) < 4.78 is 0. The number of rotatable bonds is 4. The van der Waals surface area contributed by atoms with E-state index in [1.54, 1.807) is 0 Å². The molecule has 10 aromatic rings. The van der Waals surface area contributed by atoms with E-state index in [1.165, 1.54) is 98.4 Å². The minimum Gasteiger partial charge on any atom is -0.0622 e. The molecule has 0 bridgehead atoms. The fourth-order valence-electron chi connectivity index (χ4n) is 8.12. The Morgan fingerprint density at radius 2 is 0.640 bits per heavy atom. The van der Waals surface area contributed by atoms with Crippen LogP contribution in [0.1, 0.15) is 0 Å². The lowest BCUT2D eigenvalue weighted by molar-refractivity contribution is 1.62. The van der Waals surface area contributed by atoms with Gasteiger partial charge < -0.3 is 0 Å². The predicted molar refractivity (Wildman–Crippen MR) is 216 cm³/mol. The summed E-state index contributed by atoms with van der Waals surface area (Å²) in [6.45, 7) is 0. The fraction of sp³-hybridized carbons (Fsp3) is 0. The predicted octanol–water partition coefficient (Wildman–Crippen LogP) is 14.1. The number of fused-ring (bicyclic) bond motifs is 7. The highest BCUT2D eigenvalue weighted by Crippen LogP contribution is 2.47. The van der Waals surface area contributed by atoms with Gasteiger partial charge >= 0.3 is 0 Å². The minimum absolute atomic E-state index is 1.22. The Balaban J connectivity index is 1.34. The molecule has 0 aromatic heterocycles. The van der Waals surface area contributed by atoms with E-state index in [4.69, 9.17) is 0 Å². The van der Waals surface area contributed by atoms with Crippen molar-refractivity contribution in [1.82, 2.24) is 0 Å². The second kappa shape index (κ2) is 11.6. The van der Waals surface area contributed by atoms with Crippen LogP contribution in [0.3, 0.4) is 0 Å². The van der Waals surface area contributed by atoms with Gasteiger partial charge in [-0.25, -0.2) is 0 Å². The maximum Gasteiger partial charge on any atom is -0.00204 e. The third kappa shape index (κ3) is 4.54. The van der Waals surface area contributed by atoms with Crippen LogP contribution in [0.5, 0.6) is 0 Å². The average molecular weight is 633 g/mol. The van der Waals surface area contributed by atoms with Gasteiger partial charge in [0.25, 0.3) is 0 Å². The molecule has 0 unspecified atom stereocenters. The van der Waals surface area contributed by atoms with Crippen LogP contribution in [0.2, 0.25) is 0 Å². The zero-order valence-electron chi connectivity index (χ0n) is 27.5. The SMILES string of the molecule is c1ccc(-c2cc3ccccc3cc2-c2cc3c4ccccc4c(-c4c(-c5ccccc5)ccc5ccccc45)cc3c3ccccc23)cc1. The highest BCUT2D eigenvalue weighted by atomic mass is 14.2. The highest BCUT2D eigenvalue weighted by Gasteiger charge is 2.20. The first kappa shape index (κ1) is 28.5. The first-order valence-corrected chi connectivity index (χ1v) is 17.4. The molecule has 0 aliphatic heterocycles. The summed E-state index contributed by atoms with van der Waals surface area (Å²) >= 11 is 0. The molecular weight excluding hydrogens is 601 g/mol. The van der Waals surface area contributed by atoms with Gasteiger partial charge in [0.2, 0.25) is 0 Å². The Morgan fingerprint density at radius 3 is 1.26 bits per heavy atom. The van der Waals surface area contributed by atoms with Crippen LogP contribution in [-0.2, 0) is 0 Å². The normalized spacial score (nSPS) is 11.6. The van der Waals surface area contributed by atoms with Crippen LogP contribution >= 0.6 is 0 Å². The van der Waals surface area contributed by atoms with E-state index in [0.717, 1.165) is 0 Å². The van der Waals surface area contributed by atoms with Crippen LogP contribution in [-0.4, -0.2) is 0 Å². The van der Waals surface area contributed by atoms with Crippen LogP contribution in [0.4, 0.5) is 0 Å². The molecule has 232 valence electrons. The molecule has 0 N–H and O–H groups in total. The fourth-order valence-corrected chi connectivity index (χ4v) is 8.12. The van der Waals surface area contributed by atoms with Gasteiger partial charge in [-0.1, -0.05) is 170 Å². The molecule has 10 aromatic carbocycles. The molecular formula is C50H32. The van der Waals surface area contributed by atoms with Crippen molar-refractivity contribution in [3.8, 4) is 44.5 Å². The van der Waals surface area contributed by atoms with E-state index in [9.17, 15) is 0 Å². The lowest BCUT2D eigenvalue weighted by Crippen LogP contribution is -1.93. The Kier molecular flexibility index (Phi) is 6.60. The lowest BCUT2D eigenvalue weighted by atomic mass is 9.83. The molecule has 0 heterocycles. The van der Waals surface area contributed by atoms with Gasteiger partial charge in [0.05, 0.1) is 0 Å². The summed E-state index contributed by atoms with van der Waals surface area (Å²) in [7, 11) is 0. The smallest absolute Gasteiger partial charge is 0.00204 e. The average Bonchev–Trinajstić information content (AvgIpc) is 3.20. The molecule has 10 rings (SSSR count). The van der Waals surface area contributed by atoms with Crippen molar-refractivity contribution in [3.63, 3.8) is 0 Å². The molecule has 50 heavy (non-hydrogen) atoms. The molecule has 0 aliphatic rings. The van der Waals surface area contributed by atoms with E-state index >= 15 is 0 Å². The van der Waals surface area contributed by atoms with Gasteiger partial charge in [-0.2, -0.15) is 0 Å². The van der Waals surface area contributed by atoms with Crippen LogP contribution in [0.15, 0.2) is 194 Å². The van der Waals surface area contributed by atoms with E-state index < -0.39 is 0 Å². The Labute approximate surface area is 291 Å². The molecule has 0 saturated carbocycles. The topological polar surface area (TPSA) is 0 Å². The molecule has 0 spiro atoms.